The fourth-order valence-corrected chi connectivity index (χ4v) is 4.98. The average Bonchev–Trinajstić information content (AvgIpc) is 3.04. The van der Waals surface area contributed by atoms with Crippen molar-refractivity contribution in [3.8, 4) is 0 Å². The molecular weight excluding hydrogens is 276 g/mol. The summed E-state index contributed by atoms with van der Waals surface area (Å²) in [6.07, 6.45) is 0.511. The molecule has 120 valence electrons. The minimum atomic E-state index is -2.70. The highest BCUT2D eigenvalue weighted by atomic mass is 28.4. The van der Waals surface area contributed by atoms with E-state index >= 15 is 0 Å². The van der Waals surface area contributed by atoms with Gasteiger partial charge in [-0.15, -0.1) is 0 Å². The molecule has 6 heteroatoms. The van der Waals surface area contributed by atoms with E-state index in [0.717, 1.165) is 6.61 Å². The molecule has 0 radical (unpaired) electrons. The topological polar surface area (TPSA) is 49.5 Å². The van der Waals surface area contributed by atoms with Crippen LogP contribution in [0.25, 0.3) is 0 Å². The highest BCUT2D eigenvalue weighted by Gasteiger charge is 2.44. The van der Waals surface area contributed by atoms with Gasteiger partial charge in [-0.25, -0.2) is 0 Å². The maximum absolute atomic E-state index is 6.07. The molecular formula is C14H30O5Si. The van der Waals surface area contributed by atoms with Crippen LogP contribution in [0.2, 0.25) is 6.04 Å². The summed E-state index contributed by atoms with van der Waals surface area (Å²) in [4.78, 5) is 0. The first-order valence-electron chi connectivity index (χ1n) is 7.56. The highest BCUT2D eigenvalue weighted by molar-refractivity contribution is 6.60. The van der Waals surface area contributed by atoms with Gasteiger partial charge in [0.1, 0.15) is 6.10 Å². The Morgan fingerprint density at radius 1 is 0.950 bits per heavy atom. The summed E-state index contributed by atoms with van der Waals surface area (Å²) in [5.41, 5.74) is 0. The number of hydrogen-bond acceptors (Lipinski definition) is 5. The first kappa shape index (κ1) is 18.1. The van der Waals surface area contributed by atoms with Gasteiger partial charge in [-0.3, -0.25) is 0 Å². The monoisotopic (exact) mass is 306 g/mol. The minimum Gasteiger partial charge on any atom is -0.379 e. The van der Waals surface area contributed by atoms with Crippen molar-refractivity contribution in [3.63, 3.8) is 0 Å². The third kappa shape index (κ3) is 7.71. The Bertz CT molecular complexity index is 240. The van der Waals surface area contributed by atoms with Crippen LogP contribution in [0, 0.1) is 0 Å². The lowest BCUT2D eigenvalue weighted by molar-refractivity contribution is -0.00330. The van der Waals surface area contributed by atoms with Crippen LogP contribution >= 0.6 is 0 Å². The van der Waals surface area contributed by atoms with E-state index < -0.39 is 8.80 Å². The molecule has 1 rings (SSSR count). The summed E-state index contributed by atoms with van der Waals surface area (Å²) in [6.45, 7) is 14.1. The smallest absolute Gasteiger partial charge is 0.379 e. The maximum atomic E-state index is 6.07. The van der Waals surface area contributed by atoms with E-state index in [-0.39, 0.29) is 24.4 Å². The lowest BCUT2D eigenvalue weighted by Gasteiger charge is -2.34. The predicted molar refractivity (Wildman–Crippen MR) is 79.8 cm³/mol. The van der Waals surface area contributed by atoms with Crippen molar-refractivity contribution in [1.82, 2.24) is 0 Å². The molecule has 1 fully saturated rings. The van der Waals surface area contributed by atoms with Gasteiger partial charge in [0, 0.05) is 24.4 Å². The number of epoxide rings is 1. The van der Waals surface area contributed by atoms with Crippen molar-refractivity contribution in [2.75, 3.05) is 19.8 Å². The highest BCUT2D eigenvalue weighted by Crippen LogP contribution is 2.22. The fraction of sp³-hybridized carbons (Fsp3) is 1.00. The second-order valence-corrected chi connectivity index (χ2v) is 8.54. The maximum Gasteiger partial charge on any atom is 0.503 e. The Labute approximate surface area is 124 Å². The molecule has 0 N–H and O–H groups in total. The molecule has 0 spiro atoms. The lowest BCUT2D eigenvalue weighted by Crippen LogP contribution is -2.51. The molecule has 0 aliphatic carbocycles. The zero-order valence-corrected chi connectivity index (χ0v) is 14.7. The Balaban J connectivity index is 2.55. The summed E-state index contributed by atoms with van der Waals surface area (Å²) >= 11 is 0. The molecule has 0 aromatic carbocycles. The van der Waals surface area contributed by atoms with Gasteiger partial charge in [0.25, 0.3) is 0 Å². The molecule has 1 atom stereocenters. The lowest BCUT2D eigenvalue weighted by atomic mass is 10.5. The Morgan fingerprint density at radius 2 is 1.40 bits per heavy atom. The molecule has 5 nitrogen and oxygen atoms in total. The fourth-order valence-electron chi connectivity index (χ4n) is 1.91. The third-order valence-corrected chi connectivity index (χ3v) is 5.81. The van der Waals surface area contributed by atoms with Crippen molar-refractivity contribution in [2.24, 2.45) is 0 Å². The van der Waals surface area contributed by atoms with Gasteiger partial charge in [-0.2, -0.15) is 0 Å². The molecule has 1 heterocycles. The Morgan fingerprint density at radius 3 is 1.75 bits per heavy atom. The largest absolute Gasteiger partial charge is 0.503 e. The first-order valence-corrected chi connectivity index (χ1v) is 9.49. The minimum absolute atomic E-state index is 0.0749. The summed E-state index contributed by atoms with van der Waals surface area (Å²) in [6, 6.07) is 0.675. The second-order valence-electron chi connectivity index (χ2n) is 5.96. The molecule has 0 bridgehead atoms. The van der Waals surface area contributed by atoms with Gasteiger partial charge in [0.05, 0.1) is 19.8 Å². The van der Waals surface area contributed by atoms with Crippen LogP contribution in [0.3, 0.4) is 0 Å². The second kappa shape index (κ2) is 8.46. The van der Waals surface area contributed by atoms with Crippen LogP contribution in [0.5, 0.6) is 0 Å². The summed E-state index contributed by atoms with van der Waals surface area (Å²) in [5, 5.41) is 0. The molecule has 1 aliphatic rings. The van der Waals surface area contributed by atoms with Crippen molar-refractivity contribution in [2.45, 2.75) is 72.0 Å². The molecule has 0 amide bonds. The van der Waals surface area contributed by atoms with Crippen molar-refractivity contribution >= 4 is 8.80 Å². The van der Waals surface area contributed by atoms with Gasteiger partial charge < -0.3 is 22.8 Å². The molecule has 1 aliphatic heterocycles. The van der Waals surface area contributed by atoms with E-state index in [1.54, 1.807) is 0 Å². The van der Waals surface area contributed by atoms with Gasteiger partial charge in [-0.1, -0.05) is 0 Å². The molecule has 0 saturated carbocycles. The van der Waals surface area contributed by atoms with Crippen LogP contribution in [-0.2, 0) is 22.8 Å². The summed E-state index contributed by atoms with van der Waals surface area (Å²) in [5.74, 6) is 0. The number of rotatable bonds is 11. The van der Waals surface area contributed by atoms with Crippen molar-refractivity contribution < 1.29 is 22.8 Å². The van der Waals surface area contributed by atoms with E-state index in [0.29, 0.717) is 19.3 Å². The summed E-state index contributed by atoms with van der Waals surface area (Å²) in [7, 11) is -2.70. The number of hydrogen-bond donors (Lipinski definition) is 0. The number of ether oxygens (including phenoxy) is 2. The van der Waals surface area contributed by atoms with E-state index in [4.69, 9.17) is 22.8 Å². The average molecular weight is 306 g/mol. The standard InChI is InChI=1S/C14H30O5Si/c1-11(2)17-20(18-12(3)4,19-13(5)6)8-7-15-9-14-10-16-14/h11-14H,7-10H2,1-6H3. The van der Waals surface area contributed by atoms with Gasteiger partial charge >= 0.3 is 8.80 Å². The Kier molecular flexibility index (Phi) is 7.64. The van der Waals surface area contributed by atoms with Crippen LogP contribution < -0.4 is 0 Å². The van der Waals surface area contributed by atoms with Crippen LogP contribution in [0.15, 0.2) is 0 Å². The zero-order chi connectivity index (χ0) is 15.2. The van der Waals surface area contributed by atoms with Crippen LogP contribution in [0.1, 0.15) is 41.5 Å². The Hall–Kier alpha value is 0.0169. The molecule has 1 saturated heterocycles. The molecule has 0 aromatic heterocycles. The molecule has 0 aromatic rings. The van der Waals surface area contributed by atoms with E-state index in [1.807, 2.05) is 41.5 Å². The summed E-state index contributed by atoms with van der Waals surface area (Å²) < 4.78 is 29.0. The SMILES string of the molecule is CC(C)O[Si](CCOCC1CO1)(OC(C)C)OC(C)C. The normalized spacial score (nSPS) is 19.4. The third-order valence-electron chi connectivity index (χ3n) is 2.50. The quantitative estimate of drug-likeness (QED) is 0.334. The van der Waals surface area contributed by atoms with Crippen molar-refractivity contribution in [3.05, 3.63) is 0 Å². The molecule has 20 heavy (non-hydrogen) atoms. The van der Waals surface area contributed by atoms with Crippen molar-refractivity contribution in [1.29, 1.82) is 0 Å². The van der Waals surface area contributed by atoms with E-state index in [2.05, 4.69) is 0 Å². The first-order chi connectivity index (χ1) is 9.33. The van der Waals surface area contributed by atoms with E-state index in [1.165, 1.54) is 0 Å². The van der Waals surface area contributed by atoms with Gasteiger partial charge in [-0.05, 0) is 41.5 Å². The van der Waals surface area contributed by atoms with Gasteiger partial charge in [0.2, 0.25) is 0 Å². The van der Waals surface area contributed by atoms with Crippen LogP contribution in [-0.4, -0.2) is 53.0 Å². The van der Waals surface area contributed by atoms with Crippen LogP contribution in [0.4, 0.5) is 0 Å². The predicted octanol–water partition coefficient (Wildman–Crippen LogP) is 2.62. The molecule has 1 unspecified atom stereocenters. The van der Waals surface area contributed by atoms with Gasteiger partial charge in [0.15, 0.2) is 0 Å². The van der Waals surface area contributed by atoms with E-state index in [9.17, 15) is 0 Å². The zero-order valence-electron chi connectivity index (χ0n) is 13.7.